The molecule has 0 fully saturated rings. The Morgan fingerprint density at radius 2 is 1.62 bits per heavy atom. The summed E-state index contributed by atoms with van der Waals surface area (Å²) in [6.45, 7) is 0.685. The van der Waals surface area contributed by atoms with Gasteiger partial charge in [-0.05, 0) is 23.8 Å². The van der Waals surface area contributed by atoms with E-state index in [0.29, 0.717) is 28.2 Å². The summed E-state index contributed by atoms with van der Waals surface area (Å²) in [6.07, 6.45) is 2.28. The SMILES string of the molecule is ClC(Cl)=CCOc1c(Cl)cc(OCCc2ccc(Br)cc2)cc1Cl. The smallest absolute Gasteiger partial charge is 0.157 e. The molecule has 7 heteroatoms. The fraction of sp³-hybridized carbons (Fsp3) is 0.176. The second-order valence-electron chi connectivity index (χ2n) is 4.75. The Balaban J connectivity index is 1.94. The number of hydrogen-bond acceptors (Lipinski definition) is 2. The van der Waals surface area contributed by atoms with E-state index in [4.69, 9.17) is 55.9 Å². The van der Waals surface area contributed by atoms with E-state index >= 15 is 0 Å². The summed E-state index contributed by atoms with van der Waals surface area (Å²) in [7, 11) is 0. The van der Waals surface area contributed by atoms with Crippen LogP contribution in [-0.4, -0.2) is 13.2 Å². The van der Waals surface area contributed by atoms with E-state index in [1.54, 1.807) is 12.1 Å². The van der Waals surface area contributed by atoms with Gasteiger partial charge in [0.05, 0.1) is 16.7 Å². The normalized spacial score (nSPS) is 10.4. The maximum atomic E-state index is 6.18. The van der Waals surface area contributed by atoms with Gasteiger partial charge in [-0.3, -0.25) is 0 Å². The van der Waals surface area contributed by atoms with Crippen LogP contribution in [0.3, 0.4) is 0 Å². The van der Waals surface area contributed by atoms with Crippen molar-refractivity contribution in [3.63, 3.8) is 0 Å². The third-order valence-corrected chi connectivity index (χ3v) is 4.41. The molecule has 0 aliphatic heterocycles. The van der Waals surface area contributed by atoms with Crippen LogP contribution in [0.15, 0.2) is 51.4 Å². The van der Waals surface area contributed by atoms with Gasteiger partial charge in [-0.25, -0.2) is 0 Å². The molecule has 2 aromatic rings. The summed E-state index contributed by atoms with van der Waals surface area (Å²) in [4.78, 5) is 0. The van der Waals surface area contributed by atoms with Gasteiger partial charge < -0.3 is 9.47 Å². The van der Waals surface area contributed by atoms with Gasteiger partial charge in [-0.1, -0.05) is 74.5 Å². The second-order valence-corrected chi connectivity index (χ2v) is 7.48. The highest BCUT2D eigenvalue weighted by Crippen LogP contribution is 2.37. The van der Waals surface area contributed by atoms with Crippen LogP contribution in [0, 0.1) is 0 Å². The third-order valence-electron chi connectivity index (χ3n) is 3.01. The lowest BCUT2D eigenvalue weighted by atomic mass is 10.2. The zero-order valence-electron chi connectivity index (χ0n) is 12.4. The summed E-state index contributed by atoms with van der Waals surface area (Å²) in [5.41, 5.74) is 1.18. The van der Waals surface area contributed by atoms with Gasteiger partial charge in [-0.15, -0.1) is 0 Å². The first-order valence-corrected chi connectivity index (χ1v) is 9.26. The molecule has 0 amide bonds. The van der Waals surface area contributed by atoms with Crippen LogP contribution in [0.2, 0.25) is 10.0 Å². The number of hydrogen-bond donors (Lipinski definition) is 0. The molecule has 0 N–H and O–H groups in total. The van der Waals surface area contributed by atoms with Crippen molar-refractivity contribution in [2.45, 2.75) is 6.42 Å². The van der Waals surface area contributed by atoms with Crippen molar-refractivity contribution in [1.29, 1.82) is 0 Å². The average Bonchev–Trinajstić information content (AvgIpc) is 2.52. The molecule has 0 radical (unpaired) electrons. The van der Waals surface area contributed by atoms with Crippen LogP contribution < -0.4 is 9.47 Å². The van der Waals surface area contributed by atoms with Crippen LogP contribution in [0.5, 0.6) is 11.5 Å². The van der Waals surface area contributed by atoms with Gasteiger partial charge in [0.15, 0.2) is 5.75 Å². The van der Waals surface area contributed by atoms with Crippen molar-refractivity contribution in [3.05, 3.63) is 67.0 Å². The Bertz CT molecular complexity index is 690. The minimum atomic E-state index is 0.121. The number of ether oxygens (including phenoxy) is 2. The zero-order chi connectivity index (χ0) is 17.5. The highest BCUT2D eigenvalue weighted by Gasteiger charge is 2.10. The monoisotopic (exact) mass is 468 g/mol. The molecular formula is C17H13BrCl4O2. The summed E-state index contributed by atoms with van der Waals surface area (Å²) in [5, 5.41) is 0.723. The number of rotatable bonds is 7. The maximum Gasteiger partial charge on any atom is 0.157 e. The third kappa shape index (κ3) is 6.38. The minimum absolute atomic E-state index is 0.121. The molecule has 0 saturated heterocycles. The summed E-state index contributed by atoms with van der Waals surface area (Å²) in [5.74, 6) is 0.949. The van der Waals surface area contributed by atoms with Crippen molar-refractivity contribution in [2.24, 2.45) is 0 Å². The molecule has 0 unspecified atom stereocenters. The van der Waals surface area contributed by atoms with Crippen LogP contribution in [0.1, 0.15) is 5.56 Å². The van der Waals surface area contributed by atoms with Gasteiger partial charge in [-0.2, -0.15) is 0 Å². The highest BCUT2D eigenvalue weighted by molar-refractivity contribution is 9.10. The second kappa shape index (κ2) is 9.79. The van der Waals surface area contributed by atoms with Crippen LogP contribution in [0.4, 0.5) is 0 Å². The molecule has 0 aromatic heterocycles. The first-order valence-electron chi connectivity index (χ1n) is 6.96. The van der Waals surface area contributed by atoms with Gasteiger partial charge in [0.1, 0.15) is 16.8 Å². The summed E-state index contributed by atoms with van der Waals surface area (Å²) < 4.78 is 12.3. The lowest BCUT2D eigenvalue weighted by molar-refractivity contribution is 0.320. The molecule has 2 nitrogen and oxygen atoms in total. The van der Waals surface area contributed by atoms with Crippen molar-refractivity contribution in [1.82, 2.24) is 0 Å². The van der Waals surface area contributed by atoms with Gasteiger partial charge >= 0.3 is 0 Å². The molecule has 128 valence electrons. The van der Waals surface area contributed by atoms with Crippen LogP contribution >= 0.6 is 62.3 Å². The first kappa shape index (κ1) is 19.7. The van der Waals surface area contributed by atoms with Gasteiger partial charge in [0.2, 0.25) is 0 Å². The standard InChI is InChI=1S/C17H13BrCl4O2/c18-12-3-1-11(2-4-12)5-7-23-13-9-14(19)17(15(20)10-13)24-8-6-16(21)22/h1-4,6,9-10H,5,7-8H2. The van der Waals surface area contributed by atoms with Gasteiger partial charge in [0, 0.05) is 23.0 Å². The Morgan fingerprint density at radius 3 is 2.21 bits per heavy atom. The zero-order valence-corrected chi connectivity index (χ0v) is 17.0. The fourth-order valence-electron chi connectivity index (χ4n) is 1.88. The molecule has 0 atom stereocenters. The Kier molecular flexibility index (Phi) is 8.05. The van der Waals surface area contributed by atoms with Crippen molar-refractivity contribution in [3.8, 4) is 11.5 Å². The van der Waals surface area contributed by atoms with E-state index in [1.165, 1.54) is 11.6 Å². The minimum Gasteiger partial charge on any atom is -0.493 e. The quantitative estimate of drug-likeness (QED) is 0.430. The van der Waals surface area contributed by atoms with Crippen LogP contribution in [0.25, 0.3) is 0 Å². The Labute approximate surface area is 169 Å². The van der Waals surface area contributed by atoms with Crippen LogP contribution in [-0.2, 0) is 6.42 Å². The Morgan fingerprint density at radius 1 is 1.00 bits per heavy atom. The molecule has 2 rings (SSSR count). The Hall–Kier alpha value is -0.580. The molecule has 0 spiro atoms. The predicted octanol–water partition coefficient (Wildman–Crippen LogP) is 7.08. The highest BCUT2D eigenvalue weighted by atomic mass is 79.9. The van der Waals surface area contributed by atoms with E-state index in [1.807, 2.05) is 24.3 Å². The van der Waals surface area contributed by atoms with E-state index in [-0.39, 0.29) is 11.1 Å². The molecule has 0 heterocycles. The van der Waals surface area contributed by atoms with Crippen molar-refractivity contribution in [2.75, 3.05) is 13.2 Å². The largest absolute Gasteiger partial charge is 0.493 e. The molecule has 0 aliphatic carbocycles. The average molecular weight is 471 g/mol. The summed E-state index contributed by atoms with van der Waals surface area (Å²) >= 11 is 26.8. The van der Waals surface area contributed by atoms with E-state index in [9.17, 15) is 0 Å². The molecule has 24 heavy (non-hydrogen) atoms. The van der Waals surface area contributed by atoms with Crippen molar-refractivity contribution < 1.29 is 9.47 Å². The molecule has 0 saturated carbocycles. The fourth-order valence-corrected chi connectivity index (χ4v) is 2.85. The number of halogens is 5. The first-order chi connectivity index (χ1) is 11.5. The predicted molar refractivity (Wildman–Crippen MR) is 105 cm³/mol. The molecule has 0 aliphatic rings. The maximum absolute atomic E-state index is 6.18. The lowest BCUT2D eigenvalue weighted by Gasteiger charge is -2.12. The van der Waals surface area contributed by atoms with Crippen molar-refractivity contribution >= 4 is 62.3 Å². The molecule has 0 bridgehead atoms. The number of benzene rings is 2. The van der Waals surface area contributed by atoms with Gasteiger partial charge in [0.25, 0.3) is 0 Å². The topological polar surface area (TPSA) is 18.5 Å². The summed E-state index contributed by atoms with van der Waals surface area (Å²) in [6, 6.07) is 11.4. The van der Waals surface area contributed by atoms with E-state index < -0.39 is 0 Å². The van der Waals surface area contributed by atoms with E-state index in [2.05, 4.69) is 15.9 Å². The molecular weight excluding hydrogens is 458 g/mol. The molecule has 2 aromatic carbocycles. The lowest BCUT2D eigenvalue weighted by Crippen LogP contribution is -2.02. The van der Waals surface area contributed by atoms with E-state index in [0.717, 1.165) is 10.9 Å².